The number of nitrogens with two attached hydrogens (primary N) is 1. The van der Waals surface area contributed by atoms with Crippen LogP contribution in [0.5, 0.6) is 0 Å². The Morgan fingerprint density at radius 1 is 1.35 bits per heavy atom. The van der Waals surface area contributed by atoms with Crippen LogP contribution in [0.2, 0.25) is 5.15 Å². The highest BCUT2D eigenvalue weighted by Gasteiger charge is 2.11. The third-order valence-electron chi connectivity index (χ3n) is 2.76. The van der Waals surface area contributed by atoms with E-state index in [2.05, 4.69) is 10.3 Å². The number of hydrogen-bond acceptors (Lipinski definition) is 4. The van der Waals surface area contributed by atoms with Gasteiger partial charge in [0.1, 0.15) is 5.15 Å². The van der Waals surface area contributed by atoms with Gasteiger partial charge in [-0.3, -0.25) is 4.79 Å². The van der Waals surface area contributed by atoms with Crippen molar-refractivity contribution in [2.45, 2.75) is 6.42 Å². The van der Waals surface area contributed by atoms with Crippen molar-refractivity contribution in [3.05, 3.63) is 52.8 Å². The minimum Gasteiger partial charge on any atom is -0.397 e. The Hall–Kier alpha value is -2.11. The number of halogens is 1. The van der Waals surface area contributed by atoms with Crippen LogP contribution >= 0.6 is 11.6 Å². The van der Waals surface area contributed by atoms with E-state index in [1.165, 1.54) is 12.3 Å². The summed E-state index contributed by atoms with van der Waals surface area (Å²) < 4.78 is 0. The summed E-state index contributed by atoms with van der Waals surface area (Å²) in [4.78, 5) is 15.9. The molecule has 0 atom stereocenters. The topological polar surface area (TPSA) is 88.2 Å². The van der Waals surface area contributed by atoms with Gasteiger partial charge in [0.25, 0.3) is 5.91 Å². The van der Waals surface area contributed by atoms with E-state index in [1.54, 1.807) is 12.1 Å². The van der Waals surface area contributed by atoms with Gasteiger partial charge in [-0.05, 0) is 30.2 Å². The molecule has 20 heavy (non-hydrogen) atoms. The summed E-state index contributed by atoms with van der Waals surface area (Å²) in [6.07, 6.45) is 1.93. The molecule has 0 saturated heterocycles. The van der Waals surface area contributed by atoms with Crippen molar-refractivity contribution in [1.82, 2.24) is 4.98 Å². The molecule has 1 amide bonds. The van der Waals surface area contributed by atoms with Gasteiger partial charge < -0.3 is 16.2 Å². The highest BCUT2D eigenvalue weighted by molar-refractivity contribution is 6.30. The summed E-state index contributed by atoms with van der Waals surface area (Å²) in [5.74, 6) is -0.346. The highest BCUT2D eigenvalue weighted by Crippen LogP contribution is 2.17. The van der Waals surface area contributed by atoms with Crippen LogP contribution in [-0.2, 0) is 6.42 Å². The monoisotopic (exact) mass is 291 g/mol. The smallest absolute Gasteiger partial charge is 0.257 e. The number of benzene rings is 1. The lowest BCUT2D eigenvalue weighted by atomic mass is 10.1. The minimum atomic E-state index is -0.346. The zero-order chi connectivity index (χ0) is 14.5. The Kier molecular flexibility index (Phi) is 4.55. The fourth-order valence-corrected chi connectivity index (χ4v) is 1.88. The lowest BCUT2D eigenvalue weighted by Crippen LogP contribution is -2.14. The van der Waals surface area contributed by atoms with E-state index in [-0.39, 0.29) is 28.9 Å². The molecule has 0 unspecified atom stereocenters. The number of aromatic nitrogens is 1. The van der Waals surface area contributed by atoms with E-state index < -0.39 is 0 Å². The van der Waals surface area contributed by atoms with Crippen LogP contribution in [0.25, 0.3) is 0 Å². The first kappa shape index (κ1) is 14.3. The normalized spacial score (nSPS) is 10.3. The summed E-state index contributed by atoms with van der Waals surface area (Å²) in [6.45, 7) is 0.0950. The molecule has 0 aliphatic heterocycles. The van der Waals surface area contributed by atoms with Gasteiger partial charge in [0, 0.05) is 12.3 Å². The first-order valence-electron chi connectivity index (χ1n) is 6.02. The number of nitrogens with one attached hydrogen (secondary N) is 1. The molecule has 0 fully saturated rings. The molecular formula is C14H14ClN3O2. The number of aliphatic hydroxyl groups excluding tert-OH is 1. The van der Waals surface area contributed by atoms with Gasteiger partial charge in [-0.1, -0.05) is 23.7 Å². The number of anilines is 2. The van der Waals surface area contributed by atoms with Crippen molar-refractivity contribution >= 4 is 28.9 Å². The number of nitrogen functional groups attached to an aromatic ring is 1. The standard InChI is InChI=1S/C14H14ClN3O2/c15-13-7-11(12(16)8-17-13)14(20)18-10-3-1-9(2-4-10)5-6-19/h1-4,7-8,19H,5-6,16H2,(H,18,20). The molecule has 6 heteroatoms. The van der Waals surface area contributed by atoms with E-state index in [0.29, 0.717) is 12.1 Å². The predicted molar refractivity (Wildman–Crippen MR) is 78.8 cm³/mol. The predicted octanol–water partition coefficient (Wildman–Crippen LogP) is 2.10. The van der Waals surface area contributed by atoms with Crippen molar-refractivity contribution in [3.63, 3.8) is 0 Å². The van der Waals surface area contributed by atoms with Crippen molar-refractivity contribution in [1.29, 1.82) is 0 Å². The molecular weight excluding hydrogens is 278 g/mol. The summed E-state index contributed by atoms with van der Waals surface area (Å²) in [6, 6.07) is 8.64. The van der Waals surface area contributed by atoms with Crippen molar-refractivity contribution in [2.24, 2.45) is 0 Å². The first-order valence-corrected chi connectivity index (χ1v) is 6.40. The fraction of sp³-hybridized carbons (Fsp3) is 0.143. The average molecular weight is 292 g/mol. The number of amides is 1. The number of nitrogens with zero attached hydrogens (tertiary/aromatic N) is 1. The molecule has 2 aromatic rings. The molecule has 5 nitrogen and oxygen atoms in total. The van der Waals surface area contributed by atoms with Crippen LogP contribution in [-0.4, -0.2) is 22.6 Å². The van der Waals surface area contributed by atoms with Crippen molar-refractivity contribution in [2.75, 3.05) is 17.7 Å². The van der Waals surface area contributed by atoms with Gasteiger partial charge in [-0.25, -0.2) is 4.98 Å². The zero-order valence-electron chi connectivity index (χ0n) is 10.6. The van der Waals surface area contributed by atoms with Crippen molar-refractivity contribution < 1.29 is 9.90 Å². The summed E-state index contributed by atoms with van der Waals surface area (Å²) in [7, 11) is 0. The maximum atomic E-state index is 12.1. The minimum absolute atomic E-state index is 0.0950. The highest BCUT2D eigenvalue weighted by atomic mass is 35.5. The van der Waals surface area contributed by atoms with Gasteiger partial charge in [-0.15, -0.1) is 0 Å². The number of hydrogen-bond donors (Lipinski definition) is 3. The largest absolute Gasteiger partial charge is 0.397 e. The van der Waals surface area contributed by atoms with Crippen LogP contribution in [0.1, 0.15) is 15.9 Å². The average Bonchev–Trinajstić information content (AvgIpc) is 2.44. The summed E-state index contributed by atoms with van der Waals surface area (Å²) >= 11 is 5.75. The third-order valence-corrected chi connectivity index (χ3v) is 2.97. The van der Waals surface area contributed by atoms with E-state index in [0.717, 1.165) is 5.56 Å². The third kappa shape index (κ3) is 3.46. The molecule has 0 aliphatic rings. The number of carbonyl (C=O) groups is 1. The van der Waals surface area contributed by atoms with Crippen LogP contribution in [0.4, 0.5) is 11.4 Å². The molecule has 0 spiro atoms. The van der Waals surface area contributed by atoms with Crippen LogP contribution in [0.15, 0.2) is 36.5 Å². The maximum absolute atomic E-state index is 12.1. The zero-order valence-corrected chi connectivity index (χ0v) is 11.4. The Balaban J connectivity index is 2.13. The first-order chi connectivity index (χ1) is 9.60. The molecule has 1 aromatic heterocycles. The molecule has 0 aliphatic carbocycles. The molecule has 0 radical (unpaired) electrons. The van der Waals surface area contributed by atoms with Crippen LogP contribution in [0.3, 0.4) is 0 Å². The van der Waals surface area contributed by atoms with E-state index in [4.69, 9.17) is 22.4 Å². The Bertz CT molecular complexity index is 614. The SMILES string of the molecule is Nc1cnc(Cl)cc1C(=O)Nc1ccc(CCO)cc1. The second-order valence-electron chi connectivity index (χ2n) is 4.22. The number of aliphatic hydroxyl groups is 1. The second-order valence-corrected chi connectivity index (χ2v) is 4.61. The number of pyridine rings is 1. The quantitative estimate of drug-likeness (QED) is 0.753. The lowest BCUT2D eigenvalue weighted by Gasteiger charge is -2.08. The summed E-state index contributed by atoms with van der Waals surface area (Å²) in [5, 5.41) is 11.8. The van der Waals surface area contributed by atoms with Gasteiger partial charge in [0.05, 0.1) is 17.4 Å². The van der Waals surface area contributed by atoms with Gasteiger partial charge >= 0.3 is 0 Å². The number of carbonyl (C=O) groups excluding carboxylic acids is 1. The molecule has 2 rings (SSSR count). The Labute approximate surface area is 121 Å². The van der Waals surface area contributed by atoms with Crippen LogP contribution in [0, 0.1) is 0 Å². The van der Waals surface area contributed by atoms with E-state index in [1.807, 2.05) is 12.1 Å². The van der Waals surface area contributed by atoms with Crippen LogP contribution < -0.4 is 11.1 Å². The summed E-state index contributed by atoms with van der Waals surface area (Å²) in [5.41, 5.74) is 7.89. The molecule has 104 valence electrons. The molecule has 1 heterocycles. The molecule has 4 N–H and O–H groups in total. The molecule has 0 bridgehead atoms. The van der Waals surface area contributed by atoms with Crippen molar-refractivity contribution in [3.8, 4) is 0 Å². The lowest BCUT2D eigenvalue weighted by molar-refractivity contribution is 0.102. The molecule has 0 saturated carbocycles. The van der Waals surface area contributed by atoms with E-state index in [9.17, 15) is 4.79 Å². The second kappa shape index (κ2) is 6.36. The Morgan fingerprint density at radius 2 is 2.05 bits per heavy atom. The Morgan fingerprint density at radius 3 is 2.70 bits per heavy atom. The van der Waals surface area contributed by atoms with Gasteiger partial charge in [0.15, 0.2) is 0 Å². The van der Waals surface area contributed by atoms with Gasteiger partial charge in [-0.2, -0.15) is 0 Å². The molecule has 1 aromatic carbocycles. The van der Waals surface area contributed by atoms with Gasteiger partial charge in [0.2, 0.25) is 0 Å². The fourth-order valence-electron chi connectivity index (χ4n) is 1.72. The van der Waals surface area contributed by atoms with E-state index >= 15 is 0 Å². The number of rotatable bonds is 4. The maximum Gasteiger partial charge on any atom is 0.257 e.